The molecule has 0 aromatic heterocycles. The van der Waals surface area contributed by atoms with Crippen LogP contribution in [0.25, 0.3) is 0 Å². The number of hydrogen-bond acceptors (Lipinski definition) is 3. The van der Waals surface area contributed by atoms with Crippen LogP contribution in [0.5, 0.6) is 0 Å². The molecule has 62 valence electrons. The van der Waals surface area contributed by atoms with Crippen LogP contribution in [-0.4, -0.2) is 23.5 Å². The molecule has 0 aromatic carbocycles. The third-order valence-corrected chi connectivity index (χ3v) is 2.00. The van der Waals surface area contributed by atoms with E-state index < -0.39 is 11.4 Å². The molecular weight excluding hydrogens is 166 g/mol. The lowest BCUT2D eigenvalue weighted by atomic mass is 10.0. The van der Waals surface area contributed by atoms with Gasteiger partial charge in [-0.3, -0.25) is 4.79 Å². The van der Waals surface area contributed by atoms with E-state index in [0.717, 1.165) is 0 Å². The van der Waals surface area contributed by atoms with Crippen molar-refractivity contribution in [2.24, 2.45) is 5.73 Å². The Morgan fingerprint density at radius 3 is 2.64 bits per heavy atom. The smallest absolute Gasteiger partial charge is 0.243 e. The van der Waals surface area contributed by atoms with Crippen LogP contribution >= 0.6 is 11.6 Å². The van der Waals surface area contributed by atoms with Crippen molar-refractivity contribution in [1.82, 2.24) is 10.4 Å². The molecule has 0 saturated carbocycles. The Morgan fingerprint density at radius 1 is 1.91 bits per heavy atom. The summed E-state index contributed by atoms with van der Waals surface area (Å²) in [5, 5.41) is 2.03. The number of rotatable bonds is 1. The molecule has 1 atom stereocenters. The highest BCUT2D eigenvalue weighted by Crippen LogP contribution is 2.21. The van der Waals surface area contributed by atoms with Gasteiger partial charge in [-0.25, -0.2) is 5.43 Å². The van der Waals surface area contributed by atoms with E-state index in [1.807, 2.05) is 0 Å². The van der Waals surface area contributed by atoms with Crippen LogP contribution in [0, 0.1) is 0 Å². The third-order valence-electron chi connectivity index (χ3n) is 1.64. The number of primary amides is 1. The number of nitrogens with one attached hydrogen (secondary N) is 1. The summed E-state index contributed by atoms with van der Waals surface area (Å²) < 4.78 is 0. The second kappa shape index (κ2) is 2.39. The first-order chi connectivity index (χ1) is 4.96. The van der Waals surface area contributed by atoms with Crippen molar-refractivity contribution < 1.29 is 4.79 Å². The van der Waals surface area contributed by atoms with Crippen LogP contribution in [0.15, 0.2) is 11.2 Å². The van der Waals surface area contributed by atoms with Crippen LogP contribution in [0.4, 0.5) is 0 Å². The Hall–Kier alpha value is -0.740. The zero-order chi connectivity index (χ0) is 8.65. The Morgan fingerprint density at radius 2 is 2.45 bits per heavy atom. The third kappa shape index (κ3) is 1.32. The van der Waals surface area contributed by atoms with E-state index in [0.29, 0.717) is 5.16 Å². The van der Waals surface area contributed by atoms with Crippen molar-refractivity contribution in [2.75, 3.05) is 7.05 Å². The van der Waals surface area contributed by atoms with Crippen LogP contribution in [0.3, 0.4) is 0 Å². The number of carbonyl (C=O) groups excluding carboxylic acids is 1. The Balaban J connectivity index is 2.88. The van der Waals surface area contributed by atoms with Crippen molar-refractivity contribution in [1.29, 1.82) is 0 Å². The van der Waals surface area contributed by atoms with Crippen LogP contribution in [0.1, 0.15) is 6.92 Å². The van der Waals surface area contributed by atoms with E-state index in [1.165, 1.54) is 0 Å². The van der Waals surface area contributed by atoms with E-state index in [2.05, 4.69) is 5.43 Å². The number of halogens is 1. The lowest BCUT2D eigenvalue weighted by Gasteiger charge is -2.21. The summed E-state index contributed by atoms with van der Waals surface area (Å²) in [4.78, 5) is 10.8. The number of hydrazine groups is 1. The number of hydrogen-bond donors (Lipinski definition) is 2. The fourth-order valence-corrected chi connectivity index (χ4v) is 1.16. The summed E-state index contributed by atoms with van der Waals surface area (Å²) in [5.74, 6) is -0.444. The van der Waals surface area contributed by atoms with E-state index in [9.17, 15) is 4.79 Å². The standard InChI is InChI=1S/C6H10ClN3O/c1-6(5(8)11)3-4(7)10(2)9-6/h3,9H,1-2H3,(H2,8,11). The van der Waals surface area contributed by atoms with Gasteiger partial charge in [0.2, 0.25) is 5.91 Å². The van der Waals surface area contributed by atoms with Gasteiger partial charge < -0.3 is 10.7 Å². The topological polar surface area (TPSA) is 58.4 Å². The first kappa shape index (κ1) is 8.36. The zero-order valence-corrected chi connectivity index (χ0v) is 7.14. The fraction of sp³-hybridized carbons (Fsp3) is 0.500. The van der Waals surface area contributed by atoms with Crippen molar-refractivity contribution in [3.8, 4) is 0 Å². The zero-order valence-electron chi connectivity index (χ0n) is 6.39. The Bertz CT molecular complexity index is 228. The summed E-state index contributed by atoms with van der Waals surface area (Å²) in [6, 6.07) is 0. The lowest BCUT2D eigenvalue weighted by Crippen LogP contribution is -2.52. The van der Waals surface area contributed by atoms with Gasteiger partial charge in [0.25, 0.3) is 0 Å². The maximum Gasteiger partial charge on any atom is 0.243 e. The molecule has 0 aliphatic carbocycles. The van der Waals surface area contributed by atoms with Gasteiger partial charge in [0.15, 0.2) is 0 Å². The van der Waals surface area contributed by atoms with Gasteiger partial charge in [0.05, 0.1) is 0 Å². The van der Waals surface area contributed by atoms with Crippen molar-refractivity contribution >= 4 is 17.5 Å². The summed E-state index contributed by atoms with van der Waals surface area (Å²) in [5.41, 5.74) is 7.10. The fourth-order valence-electron chi connectivity index (χ4n) is 0.895. The number of carbonyl (C=O) groups is 1. The molecule has 0 fully saturated rings. The summed E-state index contributed by atoms with van der Waals surface area (Å²) >= 11 is 5.71. The minimum atomic E-state index is -0.841. The van der Waals surface area contributed by atoms with E-state index in [1.54, 1.807) is 25.1 Å². The summed E-state index contributed by atoms with van der Waals surface area (Å²) in [7, 11) is 1.72. The van der Waals surface area contributed by atoms with Crippen molar-refractivity contribution in [3.05, 3.63) is 11.2 Å². The van der Waals surface area contributed by atoms with Gasteiger partial charge in [-0.1, -0.05) is 11.6 Å². The summed E-state index contributed by atoms with van der Waals surface area (Å²) in [6.07, 6.45) is 1.58. The number of nitrogens with zero attached hydrogens (tertiary/aromatic N) is 1. The van der Waals surface area contributed by atoms with Crippen LogP contribution in [0.2, 0.25) is 0 Å². The molecule has 0 bridgehead atoms. The van der Waals surface area contributed by atoms with Gasteiger partial charge in [-0.2, -0.15) is 0 Å². The molecule has 5 heteroatoms. The molecule has 0 aromatic rings. The van der Waals surface area contributed by atoms with E-state index >= 15 is 0 Å². The molecule has 0 spiro atoms. The predicted octanol–water partition coefficient (Wildman–Crippen LogP) is -0.239. The molecular formula is C6H10ClN3O. The Kier molecular flexibility index (Phi) is 1.82. The van der Waals surface area contributed by atoms with Gasteiger partial charge in [-0.15, -0.1) is 0 Å². The van der Waals surface area contributed by atoms with Gasteiger partial charge in [0.1, 0.15) is 10.7 Å². The molecule has 3 N–H and O–H groups in total. The van der Waals surface area contributed by atoms with Gasteiger partial charge in [0, 0.05) is 7.05 Å². The summed E-state index contributed by atoms with van der Waals surface area (Å²) in [6.45, 7) is 1.67. The lowest BCUT2D eigenvalue weighted by molar-refractivity contribution is -0.122. The van der Waals surface area contributed by atoms with Crippen LogP contribution < -0.4 is 11.2 Å². The van der Waals surface area contributed by atoms with Crippen molar-refractivity contribution in [2.45, 2.75) is 12.5 Å². The van der Waals surface area contributed by atoms with Crippen LogP contribution in [-0.2, 0) is 4.79 Å². The molecule has 1 heterocycles. The quantitative estimate of drug-likeness (QED) is 0.541. The molecule has 1 unspecified atom stereocenters. The first-order valence-electron chi connectivity index (χ1n) is 3.15. The molecule has 11 heavy (non-hydrogen) atoms. The molecule has 1 amide bonds. The second-order valence-electron chi connectivity index (χ2n) is 2.70. The monoisotopic (exact) mass is 175 g/mol. The first-order valence-corrected chi connectivity index (χ1v) is 3.53. The minimum absolute atomic E-state index is 0.444. The average Bonchev–Trinajstić information content (AvgIpc) is 2.09. The van der Waals surface area contributed by atoms with Gasteiger partial charge in [-0.05, 0) is 13.0 Å². The van der Waals surface area contributed by atoms with Crippen molar-refractivity contribution in [3.63, 3.8) is 0 Å². The molecule has 1 aliphatic heterocycles. The Labute approximate surface area is 70.0 Å². The predicted molar refractivity (Wildman–Crippen MR) is 42.4 cm³/mol. The largest absolute Gasteiger partial charge is 0.368 e. The normalized spacial score (nSPS) is 30.5. The number of nitrogens with two attached hydrogens (primary N) is 1. The molecule has 0 radical (unpaired) electrons. The minimum Gasteiger partial charge on any atom is -0.368 e. The highest BCUT2D eigenvalue weighted by atomic mass is 35.5. The maximum atomic E-state index is 10.8. The highest BCUT2D eigenvalue weighted by molar-refractivity contribution is 6.29. The SMILES string of the molecule is CN1NC(C)(C(N)=O)C=C1Cl. The van der Waals surface area contributed by atoms with E-state index in [4.69, 9.17) is 17.3 Å². The average molecular weight is 176 g/mol. The molecule has 0 saturated heterocycles. The molecule has 4 nitrogen and oxygen atoms in total. The highest BCUT2D eigenvalue weighted by Gasteiger charge is 2.35. The van der Waals surface area contributed by atoms with E-state index in [-0.39, 0.29) is 0 Å². The van der Waals surface area contributed by atoms with Gasteiger partial charge >= 0.3 is 0 Å². The second-order valence-corrected chi connectivity index (χ2v) is 3.09. The number of amides is 1. The maximum absolute atomic E-state index is 10.8. The molecule has 1 rings (SSSR count). The molecule has 1 aliphatic rings.